The van der Waals surface area contributed by atoms with Gasteiger partial charge in [-0.05, 0) is 30.9 Å². The third kappa shape index (κ3) is 5.70. The number of aliphatic imine (C=N–C) groups is 1. The van der Waals surface area contributed by atoms with Crippen LogP contribution in [0.15, 0.2) is 53.7 Å². The minimum Gasteiger partial charge on any atom is -0.369 e. The van der Waals surface area contributed by atoms with Crippen LogP contribution >= 0.6 is 24.0 Å². The van der Waals surface area contributed by atoms with Gasteiger partial charge >= 0.3 is 0 Å². The van der Waals surface area contributed by atoms with Crippen LogP contribution in [0.25, 0.3) is 0 Å². The number of amides is 1. The zero-order valence-corrected chi connectivity index (χ0v) is 20.9. The number of hydrogen-bond acceptors (Lipinski definition) is 4. The Balaban J connectivity index is 0.00000289. The first-order valence-corrected chi connectivity index (χ1v) is 11.1. The van der Waals surface area contributed by atoms with Gasteiger partial charge < -0.3 is 20.9 Å². The van der Waals surface area contributed by atoms with E-state index in [1.54, 1.807) is 0 Å². The molecular formula is C24H33IN6O. The molecule has 2 fully saturated rings. The monoisotopic (exact) mass is 548 g/mol. The third-order valence-corrected chi connectivity index (χ3v) is 6.47. The maximum Gasteiger partial charge on any atom is 0.220 e. The van der Waals surface area contributed by atoms with Gasteiger partial charge in [-0.2, -0.15) is 0 Å². The number of carbonyl (C=O) groups excluding carboxylic acids is 1. The summed E-state index contributed by atoms with van der Waals surface area (Å²) in [5.41, 5.74) is 8.02. The number of anilines is 1. The highest BCUT2D eigenvalue weighted by Crippen LogP contribution is 2.27. The molecule has 7 nitrogen and oxygen atoms in total. The van der Waals surface area contributed by atoms with Crippen molar-refractivity contribution < 1.29 is 4.79 Å². The molecule has 4 rings (SSSR count). The molecule has 1 unspecified atom stereocenters. The van der Waals surface area contributed by atoms with Crippen molar-refractivity contribution in [2.75, 3.05) is 38.1 Å². The molecule has 2 aromatic rings. The van der Waals surface area contributed by atoms with Crippen molar-refractivity contribution in [2.24, 2.45) is 16.6 Å². The molecule has 1 amide bonds. The molecule has 172 valence electrons. The zero-order chi connectivity index (χ0) is 21.6. The Morgan fingerprint density at radius 2 is 1.88 bits per heavy atom. The number of likely N-dealkylation sites (tertiary alicyclic amines) is 1. The average molecular weight is 548 g/mol. The number of benzene rings is 1. The van der Waals surface area contributed by atoms with Crippen LogP contribution in [-0.2, 0) is 11.3 Å². The lowest BCUT2D eigenvalue weighted by molar-refractivity contribution is -0.122. The molecule has 2 saturated heterocycles. The molecule has 1 aromatic heterocycles. The van der Waals surface area contributed by atoms with Crippen molar-refractivity contribution in [1.29, 1.82) is 0 Å². The van der Waals surface area contributed by atoms with Crippen LogP contribution in [-0.4, -0.2) is 55.0 Å². The molecule has 0 bridgehead atoms. The molecule has 32 heavy (non-hydrogen) atoms. The minimum atomic E-state index is -0.189. The Morgan fingerprint density at radius 3 is 2.56 bits per heavy atom. The minimum absolute atomic E-state index is 0. The van der Waals surface area contributed by atoms with Gasteiger partial charge in [-0.25, -0.2) is 4.98 Å². The van der Waals surface area contributed by atoms with E-state index in [2.05, 4.69) is 61.5 Å². The van der Waals surface area contributed by atoms with E-state index in [0.717, 1.165) is 62.8 Å². The van der Waals surface area contributed by atoms with Gasteiger partial charge in [0.15, 0.2) is 5.96 Å². The summed E-state index contributed by atoms with van der Waals surface area (Å²) in [6, 6.07) is 14.8. The summed E-state index contributed by atoms with van der Waals surface area (Å²) in [7, 11) is 1.84. The molecule has 3 N–H and O–H groups in total. The number of piperidine rings is 1. The lowest BCUT2D eigenvalue weighted by Gasteiger charge is -2.32. The van der Waals surface area contributed by atoms with E-state index in [-0.39, 0.29) is 35.8 Å². The van der Waals surface area contributed by atoms with Crippen molar-refractivity contribution in [3.05, 3.63) is 59.8 Å². The number of nitrogens with one attached hydrogen (secondary N) is 1. The van der Waals surface area contributed by atoms with Crippen LogP contribution in [0.2, 0.25) is 0 Å². The Labute approximate surface area is 207 Å². The summed E-state index contributed by atoms with van der Waals surface area (Å²) in [5.74, 6) is 2.25. The summed E-state index contributed by atoms with van der Waals surface area (Å²) in [6.45, 7) is 4.25. The van der Waals surface area contributed by atoms with Gasteiger partial charge in [0, 0.05) is 63.4 Å². The predicted octanol–water partition coefficient (Wildman–Crippen LogP) is 2.97. The molecule has 0 radical (unpaired) electrons. The number of pyridine rings is 1. The van der Waals surface area contributed by atoms with E-state index in [4.69, 9.17) is 5.73 Å². The molecule has 2 aliphatic heterocycles. The van der Waals surface area contributed by atoms with E-state index in [1.165, 1.54) is 5.56 Å². The van der Waals surface area contributed by atoms with Crippen LogP contribution in [0, 0.1) is 5.92 Å². The highest BCUT2D eigenvalue weighted by Gasteiger charge is 2.27. The summed E-state index contributed by atoms with van der Waals surface area (Å²) in [6.07, 6.45) is 4.54. The van der Waals surface area contributed by atoms with Gasteiger partial charge in [0.1, 0.15) is 5.82 Å². The van der Waals surface area contributed by atoms with Gasteiger partial charge in [0.25, 0.3) is 0 Å². The van der Waals surface area contributed by atoms with Gasteiger partial charge in [-0.15, -0.1) is 24.0 Å². The second-order valence-corrected chi connectivity index (χ2v) is 8.39. The third-order valence-electron chi connectivity index (χ3n) is 6.47. The molecule has 1 aromatic carbocycles. The van der Waals surface area contributed by atoms with Crippen molar-refractivity contribution in [1.82, 2.24) is 15.2 Å². The average Bonchev–Trinajstić information content (AvgIpc) is 3.30. The summed E-state index contributed by atoms with van der Waals surface area (Å²) in [4.78, 5) is 25.3. The van der Waals surface area contributed by atoms with Crippen molar-refractivity contribution in [3.8, 4) is 0 Å². The lowest BCUT2D eigenvalue weighted by atomic mass is 9.96. The van der Waals surface area contributed by atoms with Gasteiger partial charge in [0.2, 0.25) is 5.91 Å². The van der Waals surface area contributed by atoms with Gasteiger partial charge in [-0.1, -0.05) is 36.4 Å². The zero-order valence-electron chi connectivity index (χ0n) is 18.6. The number of aromatic nitrogens is 1. The summed E-state index contributed by atoms with van der Waals surface area (Å²) < 4.78 is 0. The summed E-state index contributed by atoms with van der Waals surface area (Å²) in [5, 5.41) is 3.54. The highest BCUT2D eigenvalue weighted by atomic mass is 127. The maximum atomic E-state index is 11.5. The Bertz CT molecular complexity index is 914. The van der Waals surface area contributed by atoms with Crippen LogP contribution in [0.3, 0.4) is 0 Å². The number of primary amides is 1. The van der Waals surface area contributed by atoms with Gasteiger partial charge in [-0.3, -0.25) is 9.79 Å². The SMILES string of the molecule is CN=C(NCc1cccnc1N1CCC(C(N)=O)CC1)N1CCC(c2ccccc2)C1.I. The predicted molar refractivity (Wildman–Crippen MR) is 139 cm³/mol. The molecule has 2 aliphatic rings. The van der Waals surface area contributed by atoms with E-state index >= 15 is 0 Å². The number of carbonyl (C=O) groups is 1. The van der Waals surface area contributed by atoms with Crippen LogP contribution in [0.5, 0.6) is 0 Å². The van der Waals surface area contributed by atoms with Crippen LogP contribution in [0.1, 0.15) is 36.3 Å². The quantitative estimate of drug-likeness (QED) is 0.341. The Kier molecular flexibility index (Phi) is 8.72. The van der Waals surface area contributed by atoms with E-state index in [1.807, 2.05) is 19.3 Å². The second kappa shape index (κ2) is 11.5. The fourth-order valence-electron chi connectivity index (χ4n) is 4.69. The molecule has 0 spiro atoms. The maximum absolute atomic E-state index is 11.5. The molecule has 1 atom stereocenters. The van der Waals surface area contributed by atoms with Crippen LogP contribution in [0.4, 0.5) is 5.82 Å². The van der Waals surface area contributed by atoms with Crippen LogP contribution < -0.4 is 16.0 Å². The Morgan fingerprint density at radius 1 is 1.12 bits per heavy atom. The lowest BCUT2D eigenvalue weighted by Crippen LogP contribution is -2.41. The standard InChI is InChI=1S/C24H32N6O.HI/c1-26-24(30-15-11-21(17-30)18-6-3-2-4-7-18)28-16-20-8-5-12-27-23(20)29-13-9-19(10-14-29)22(25)31;/h2-8,12,19,21H,9-11,13-17H2,1H3,(H2,25,31)(H,26,28);1H. The first-order chi connectivity index (χ1) is 15.2. The Hall–Kier alpha value is -2.36. The van der Waals surface area contributed by atoms with E-state index in [0.29, 0.717) is 12.5 Å². The molecular weight excluding hydrogens is 515 g/mol. The number of rotatable bonds is 5. The summed E-state index contributed by atoms with van der Waals surface area (Å²) >= 11 is 0. The van der Waals surface area contributed by atoms with Crippen molar-refractivity contribution in [2.45, 2.75) is 31.7 Å². The highest BCUT2D eigenvalue weighted by molar-refractivity contribution is 14.0. The van der Waals surface area contributed by atoms with E-state index < -0.39 is 0 Å². The molecule has 8 heteroatoms. The fraction of sp³-hybridized carbons (Fsp3) is 0.458. The largest absolute Gasteiger partial charge is 0.369 e. The van der Waals surface area contributed by atoms with Crippen molar-refractivity contribution >= 4 is 41.7 Å². The second-order valence-electron chi connectivity index (χ2n) is 8.39. The van der Waals surface area contributed by atoms with Gasteiger partial charge in [0.05, 0.1) is 0 Å². The van der Waals surface area contributed by atoms with Crippen molar-refractivity contribution in [3.63, 3.8) is 0 Å². The first-order valence-electron chi connectivity index (χ1n) is 11.1. The first kappa shape index (κ1) is 24.3. The molecule has 0 saturated carbocycles. The number of nitrogens with zero attached hydrogens (tertiary/aromatic N) is 4. The topological polar surface area (TPSA) is 86.9 Å². The molecule has 3 heterocycles. The number of halogens is 1. The smallest absolute Gasteiger partial charge is 0.220 e. The number of guanidine groups is 1. The molecule has 0 aliphatic carbocycles. The number of nitrogens with two attached hydrogens (primary N) is 1. The fourth-order valence-corrected chi connectivity index (χ4v) is 4.69. The number of hydrogen-bond donors (Lipinski definition) is 2. The van der Waals surface area contributed by atoms with E-state index in [9.17, 15) is 4.79 Å². The normalized spacial score (nSPS) is 19.5.